The molecule has 0 aliphatic heterocycles. The molecule has 2 aromatic rings. The maximum absolute atomic E-state index is 12.0. The third kappa shape index (κ3) is 3.97. The van der Waals surface area contributed by atoms with Crippen LogP contribution in [0.4, 0.5) is 0 Å². The fourth-order valence-corrected chi connectivity index (χ4v) is 2.66. The highest BCUT2D eigenvalue weighted by Crippen LogP contribution is 2.29. The monoisotopic (exact) mass is 348 g/mol. The number of aryl methyl sites for hydroxylation is 1. The Kier molecular flexibility index (Phi) is 5.21. The molecule has 1 aromatic carbocycles. The van der Waals surface area contributed by atoms with Crippen LogP contribution in [0.25, 0.3) is 5.69 Å². The van der Waals surface area contributed by atoms with E-state index in [2.05, 4.69) is 5.10 Å². The number of hydrogen-bond acceptors (Lipinski definition) is 4. The molecule has 1 heterocycles. The number of rotatable bonds is 7. The number of hydrogen-bond donors (Lipinski definition) is 0. The van der Waals surface area contributed by atoms with Gasteiger partial charge in [-0.1, -0.05) is 29.8 Å². The highest BCUT2D eigenvalue weighted by molar-refractivity contribution is 6.30. The number of ether oxygens (including phenoxy) is 2. The third-order valence-electron chi connectivity index (χ3n) is 4.09. The first kappa shape index (κ1) is 17.0. The van der Waals surface area contributed by atoms with Gasteiger partial charge < -0.3 is 9.47 Å². The molecule has 0 amide bonds. The predicted molar refractivity (Wildman–Crippen MR) is 91.2 cm³/mol. The van der Waals surface area contributed by atoms with Crippen molar-refractivity contribution in [1.82, 2.24) is 9.78 Å². The molecule has 0 bridgehead atoms. The number of esters is 1. The number of nitrogens with zero attached hydrogens (tertiary/aromatic N) is 2. The molecule has 1 aliphatic rings. The number of halogens is 1. The van der Waals surface area contributed by atoms with E-state index in [4.69, 9.17) is 21.1 Å². The van der Waals surface area contributed by atoms with E-state index >= 15 is 0 Å². The molecule has 1 saturated carbocycles. The van der Waals surface area contributed by atoms with Crippen LogP contribution in [0, 0.1) is 12.8 Å². The molecule has 0 N–H and O–H groups in total. The van der Waals surface area contributed by atoms with Gasteiger partial charge in [0.05, 0.1) is 18.0 Å². The Morgan fingerprint density at radius 3 is 2.75 bits per heavy atom. The predicted octanol–water partition coefficient (Wildman–Crippen LogP) is 3.69. The molecule has 0 spiro atoms. The van der Waals surface area contributed by atoms with E-state index in [0.717, 1.165) is 11.4 Å². The van der Waals surface area contributed by atoms with Gasteiger partial charge in [0, 0.05) is 5.56 Å². The van der Waals surface area contributed by atoms with E-state index in [9.17, 15) is 4.79 Å². The van der Waals surface area contributed by atoms with Crippen molar-refractivity contribution in [2.45, 2.75) is 39.4 Å². The van der Waals surface area contributed by atoms with Crippen LogP contribution in [0.15, 0.2) is 30.3 Å². The average molecular weight is 349 g/mol. The Balaban J connectivity index is 1.62. The number of aromatic nitrogens is 2. The Labute approximate surface area is 146 Å². The van der Waals surface area contributed by atoms with Crippen LogP contribution in [-0.4, -0.2) is 28.5 Å². The zero-order valence-corrected chi connectivity index (χ0v) is 14.6. The lowest BCUT2D eigenvalue weighted by molar-refractivity contribution is -0.157. The van der Waals surface area contributed by atoms with E-state index in [-0.39, 0.29) is 12.6 Å². The van der Waals surface area contributed by atoms with E-state index in [1.54, 1.807) is 11.6 Å². The molecule has 1 fully saturated rings. The van der Waals surface area contributed by atoms with Gasteiger partial charge in [0.25, 0.3) is 0 Å². The summed E-state index contributed by atoms with van der Waals surface area (Å²) in [5.74, 6) is 0.236. The zero-order chi connectivity index (χ0) is 17.1. The summed E-state index contributed by atoms with van der Waals surface area (Å²) in [5, 5.41) is 4.89. The molecule has 0 radical (unpaired) electrons. The van der Waals surface area contributed by atoms with Crippen molar-refractivity contribution in [3.63, 3.8) is 0 Å². The highest BCUT2D eigenvalue weighted by atomic mass is 35.5. The Morgan fingerprint density at radius 2 is 2.08 bits per heavy atom. The minimum atomic E-state index is -0.561. The van der Waals surface area contributed by atoms with Crippen molar-refractivity contribution < 1.29 is 14.3 Å². The molecule has 128 valence electrons. The molecule has 3 rings (SSSR count). The first-order chi connectivity index (χ1) is 11.6. The van der Waals surface area contributed by atoms with Gasteiger partial charge in [0.15, 0.2) is 6.10 Å². The fourth-order valence-electron chi connectivity index (χ4n) is 2.33. The summed E-state index contributed by atoms with van der Waals surface area (Å²) >= 11 is 6.42. The van der Waals surface area contributed by atoms with E-state index < -0.39 is 6.10 Å². The van der Waals surface area contributed by atoms with Crippen LogP contribution in [-0.2, 0) is 20.9 Å². The van der Waals surface area contributed by atoms with Gasteiger partial charge in [-0.05, 0) is 44.7 Å². The van der Waals surface area contributed by atoms with Gasteiger partial charge in [0.1, 0.15) is 11.8 Å². The number of carbonyl (C=O) groups excluding carboxylic acids is 1. The van der Waals surface area contributed by atoms with Crippen molar-refractivity contribution in [3.8, 4) is 5.69 Å². The molecule has 1 unspecified atom stereocenters. The summed E-state index contributed by atoms with van der Waals surface area (Å²) in [6.07, 6.45) is 1.82. The van der Waals surface area contributed by atoms with Gasteiger partial charge in [-0.15, -0.1) is 0 Å². The third-order valence-corrected chi connectivity index (χ3v) is 4.48. The second kappa shape index (κ2) is 7.36. The molecule has 0 saturated heterocycles. The number of para-hydroxylation sites is 1. The minimum absolute atomic E-state index is 0.0907. The summed E-state index contributed by atoms with van der Waals surface area (Å²) in [7, 11) is 0. The van der Waals surface area contributed by atoms with Gasteiger partial charge in [-0.25, -0.2) is 9.48 Å². The first-order valence-electron chi connectivity index (χ1n) is 8.14. The van der Waals surface area contributed by atoms with Crippen molar-refractivity contribution >= 4 is 17.6 Å². The van der Waals surface area contributed by atoms with Crippen LogP contribution < -0.4 is 0 Å². The van der Waals surface area contributed by atoms with Crippen LogP contribution in [0.3, 0.4) is 0 Å². The molecule has 1 aliphatic carbocycles. The molecule has 24 heavy (non-hydrogen) atoms. The van der Waals surface area contributed by atoms with E-state index in [0.29, 0.717) is 23.2 Å². The maximum Gasteiger partial charge on any atom is 0.335 e. The summed E-state index contributed by atoms with van der Waals surface area (Å²) in [6, 6.07) is 9.60. The Morgan fingerprint density at radius 1 is 1.38 bits per heavy atom. The number of carbonyl (C=O) groups is 1. The standard InChI is InChI=1S/C18H21ClN2O3/c1-12-16(11-24-18(22)13(2)23-10-14-8-9-14)17(19)21(20-12)15-6-4-3-5-7-15/h3-7,13-14H,8-11H2,1-2H3. The van der Waals surface area contributed by atoms with Gasteiger partial charge in [-0.3, -0.25) is 0 Å². The zero-order valence-electron chi connectivity index (χ0n) is 13.9. The second-order valence-electron chi connectivity index (χ2n) is 6.13. The topological polar surface area (TPSA) is 53.4 Å². The van der Waals surface area contributed by atoms with Crippen LogP contribution in [0.5, 0.6) is 0 Å². The summed E-state index contributed by atoms with van der Waals surface area (Å²) < 4.78 is 12.5. The second-order valence-corrected chi connectivity index (χ2v) is 6.49. The van der Waals surface area contributed by atoms with E-state index in [1.165, 1.54) is 12.8 Å². The summed E-state index contributed by atoms with van der Waals surface area (Å²) in [6.45, 7) is 4.28. The van der Waals surface area contributed by atoms with Crippen molar-refractivity contribution in [2.75, 3.05) is 6.61 Å². The lowest BCUT2D eigenvalue weighted by Crippen LogP contribution is -2.24. The van der Waals surface area contributed by atoms with Crippen LogP contribution >= 0.6 is 11.6 Å². The lowest BCUT2D eigenvalue weighted by atomic mass is 10.3. The molecule has 1 aromatic heterocycles. The SMILES string of the molecule is Cc1nn(-c2ccccc2)c(Cl)c1COC(=O)C(C)OCC1CC1. The normalized spacial score (nSPS) is 15.3. The molecular weight excluding hydrogens is 328 g/mol. The van der Waals surface area contributed by atoms with Crippen molar-refractivity contribution in [2.24, 2.45) is 5.92 Å². The first-order valence-corrected chi connectivity index (χ1v) is 8.51. The van der Waals surface area contributed by atoms with Crippen LogP contribution in [0.1, 0.15) is 31.0 Å². The van der Waals surface area contributed by atoms with Crippen molar-refractivity contribution in [1.29, 1.82) is 0 Å². The van der Waals surface area contributed by atoms with Gasteiger partial charge in [-0.2, -0.15) is 5.10 Å². The summed E-state index contributed by atoms with van der Waals surface area (Å²) in [5.41, 5.74) is 2.32. The molecule has 6 heteroatoms. The maximum atomic E-state index is 12.0. The summed E-state index contributed by atoms with van der Waals surface area (Å²) in [4.78, 5) is 12.0. The largest absolute Gasteiger partial charge is 0.459 e. The van der Waals surface area contributed by atoms with Crippen LogP contribution in [0.2, 0.25) is 5.15 Å². The smallest absolute Gasteiger partial charge is 0.335 e. The number of benzene rings is 1. The minimum Gasteiger partial charge on any atom is -0.459 e. The average Bonchev–Trinajstić information content (AvgIpc) is 3.37. The van der Waals surface area contributed by atoms with Crippen molar-refractivity contribution in [3.05, 3.63) is 46.7 Å². The fraction of sp³-hybridized carbons (Fsp3) is 0.444. The molecule has 1 atom stereocenters. The Bertz CT molecular complexity index is 711. The molecular formula is C18H21ClN2O3. The van der Waals surface area contributed by atoms with Gasteiger partial charge in [0.2, 0.25) is 0 Å². The van der Waals surface area contributed by atoms with Gasteiger partial charge >= 0.3 is 5.97 Å². The Hall–Kier alpha value is -1.85. The quantitative estimate of drug-likeness (QED) is 0.716. The highest BCUT2D eigenvalue weighted by Gasteiger charge is 2.25. The lowest BCUT2D eigenvalue weighted by Gasteiger charge is -2.12. The van der Waals surface area contributed by atoms with E-state index in [1.807, 2.05) is 37.3 Å². The molecule has 5 nitrogen and oxygen atoms in total.